The second kappa shape index (κ2) is 5.08. The normalized spacial score (nSPS) is 15.0. The molecular formula is C13H19F2N3. The second-order valence-corrected chi connectivity index (χ2v) is 5.15. The summed E-state index contributed by atoms with van der Waals surface area (Å²) in [5.41, 5.74) is 0. The lowest BCUT2D eigenvalue weighted by Gasteiger charge is -2.26. The van der Waals surface area contributed by atoms with Crippen LogP contribution < -0.4 is 10.2 Å². The van der Waals surface area contributed by atoms with Gasteiger partial charge in [0.15, 0.2) is 23.3 Å². The first-order valence-corrected chi connectivity index (χ1v) is 6.33. The molecule has 0 unspecified atom stereocenters. The van der Waals surface area contributed by atoms with E-state index in [9.17, 15) is 8.78 Å². The number of rotatable bonds is 5. The minimum atomic E-state index is -0.654. The smallest absolute Gasteiger partial charge is 0.168 e. The van der Waals surface area contributed by atoms with Gasteiger partial charge < -0.3 is 10.2 Å². The minimum absolute atomic E-state index is 0.0980. The Labute approximate surface area is 106 Å². The molecule has 0 atom stereocenters. The number of nitrogens with one attached hydrogen (secondary N) is 1. The Kier molecular flexibility index (Phi) is 3.68. The molecule has 0 amide bonds. The van der Waals surface area contributed by atoms with Crippen LogP contribution in [0.4, 0.5) is 20.4 Å². The van der Waals surface area contributed by atoms with Crippen molar-refractivity contribution in [1.82, 2.24) is 4.98 Å². The molecular weight excluding hydrogens is 236 g/mol. The van der Waals surface area contributed by atoms with Gasteiger partial charge in [0.25, 0.3) is 0 Å². The predicted molar refractivity (Wildman–Crippen MR) is 68.9 cm³/mol. The Morgan fingerprint density at radius 1 is 1.39 bits per heavy atom. The molecule has 0 radical (unpaired) electrons. The molecule has 1 aliphatic carbocycles. The Bertz CT molecular complexity index is 430. The lowest BCUT2D eigenvalue weighted by Crippen LogP contribution is -2.31. The molecule has 1 N–H and O–H groups in total. The monoisotopic (exact) mass is 255 g/mol. The fraction of sp³-hybridized carbons (Fsp3) is 0.615. The molecule has 1 fully saturated rings. The Balaban J connectivity index is 2.34. The first-order chi connectivity index (χ1) is 8.52. The maximum atomic E-state index is 13.9. The van der Waals surface area contributed by atoms with Gasteiger partial charge in [-0.1, -0.05) is 13.8 Å². The first-order valence-electron chi connectivity index (χ1n) is 6.33. The number of aromatic nitrogens is 1. The molecule has 0 bridgehead atoms. The van der Waals surface area contributed by atoms with Crippen LogP contribution in [0.5, 0.6) is 0 Å². The van der Waals surface area contributed by atoms with Crippen LogP contribution in [-0.2, 0) is 0 Å². The molecule has 0 spiro atoms. The van der Waals surface area contributed by atoms with E-state index >= 15 is 0 Å². The van der Waals surface area contributed by atoms with Crippen molar-refractivity contribution in [2.45, 2.75) is 32.7 Å². The van der Waals surface area contributed by atoms with E-state index < -0.39 is 11.6 Å². The van der Waals surface area contributed by atoms with Gasteiger partial charge >= 0.3 is 0 Å². The average Bonchev–Trinajstić information content (AvgIpc) is 3.10. The van der Waals surface area contributed by atoms with Crippen molar-refractivity contribution in [3.63, 3.8) is 0 Å². The van der Waals surface area contributed by atoms with Crippen LogP contribution in [-0.4, -0.2) is 24.6 Å². The molecule has 1 aromatic rings. The summed E-state index contributed by atoms with van der Waals surface area (Å²) >= 11 is 0. The number of hydrogen-bond donors (Lipinski definition) is 1. The third-order valence-corrected chi connectivity index (χ3v) is 2.97. The number of anilines is 2. The van der Waals surface area contributed by atoms with Crippen molar-refractivity contribution in [3.8, 4) is 0 Å². The molecule has 0 aliphatic heterocycles. The van der Waals surface area contributed by atoms with E-state index in [4.69, 9.17) is 0 Å². The Morgan fingerprint density at radius 3 is 2.56 bits per heavy atom. The van der Waals surface area contributed by atoms with E-state index in [2.05, 4.69) is 24.1 Å². The summed E-state index contributed by atoms with van der Waals surface area (Å²) in [6.07, 6.45) is 2.11. The summed E-state index contributed by atoms with van der Waals surface area (Å²) in [6.45, 7) is 4.90. The van der Waals surface area contributed by atoms with E-state index in [1.54, 1.807) is 7.05 Å². The zero-order chi connectivity index (χ0) is 13.3. The predicted octanol–water partition coefficient (Wildman–Crippen LogP) is 3.03. The minimum Gasteiger partial charge on any atom is -0.371 e. The maximum Gasteiger partial charge on any atom is 0.168 e. The van der Waals surface area contributed by atoms with Gasteiger partial charge in [-0.05, 0) is 18.8 Å². The lowest BCUT2D eigenvalue weighted by molar-refractivity contribution is 0.551. The third kappa shape index (κ3) is 2.71. The van der Waals surface area contributed by atoms with Crippen LogP contribution in [0, 0.1) is 17.6 Å². The SMILES string of the molecule is CNc1nc(N(CC(C)C)C2CC2)c(F)cc1F. The highest BCUT2D eigenvalue weighted by Crippen LogP contribution is 2.33. The molecule has 0 saturated heterocycles. The van der Waals surface area contributed by atoms with Gasteiger partial charge in [-0.2, -0.15) is 0 Å². The molecule has 1 heterocycles. The molecule has 5 heteroatoms. The van der Waals surface area contributed by atoms with Gasteiger partial charge in [-0.15, -0.1) is 0 Å². The van der Waals surface area contributed by atoms with E-state index in [1.165, 1.54) is 0 Å². The van der Waals surface area contributed by atoms with Gasteiger partial charge in [-0.3, -0.25) is 0 Å². The molecule has 18 heavy (non-hydrogen) atoms. The summed E-state index contributed by atoms with van der Waals surface area (Å²) in [7, 11) is 1.58. The van der Waals surface area contributed by atoms with E-state index in [1.807, 2.05) is 4.90 Å². The zero-order valence-corrected chi connectivity index (χ0v) is 11.0. The highest BCUT2D eigenvalue weighted by Gasteiger charge is 2.32. The summed E-state index contributed by atoms with van der Waals surface area (Å²) in [4.78, 5) is 6.03. The lowest BCUT2D eigenvalue weighted by atomic mass is 10.2. The van der Waals surface area contributed by atoms with Crippen LogP contribution in [0.25, 0.3) is 0 Å². The molecule has 1 aliphatic rings. The number of nitrogens with zero attached hydrogens (tertiary/aromatic N) is 2. The number of hydrogen-bond acceptors (Lipinski definition) is 3. The fourth-order valence-electron chi connectivity index (χ4n) is 2.02. The number of pyridine rings is 1. The third-order valence-electron chi connectivity index (χ3n) is 2.97. The Hall–Kier alpha value is -1.39. The van der Waals surface area contributed by atoms with Crippen molar-refractivity contribution in [2.24, 2.45) is 5.92 Å². The van der Waals surface area contributed by atoms with Gasteiger partial charge in [0, 0.05) is 25.7 Å². The van der Waals surface area contributed by atoms with Crippen LogP contribution in [0.2, 0.25) is 0 Å². The van der Waals surface area contributed by atoms with Crippen LogP contribution in [0.3, 0.4) is 0 Å². The molecule has 2 rings (SSSR count). The Morgan fingerprint density at radius 2 is 2.06 bits per heavy atom. The largest absolute Gasteiger partial charge is 0.371 e. The van der Waals surface area contributed by atoms with Crippen molar-refractivity contribution in [3.05, 3.63) is 17.7 Å². The van der Waals surface area contributed by atoms with E-state index in [-0.39, 0.29) is 11.6 Å². The van der Waals surface area contributed by atoms with Crippen LogP contribution in [0.1, 0.15) is 26.7 Å². The van der Waals surface area contributed by atoms with Gasteiger partial charge in [0.2, 0.25) is 0 Å². The molecule has 1 aromatic heterocycles. The summed E-state index contributed by atoms with van der Waals surface area (Å²) in [5, 5.41) is 2.65. The zero-order valence-electron chi connectivity index (χ0n) is 11.0. The standard InChI is InChI=1S/C13H19F2N3/c1-8(2)7-18(9-4-5-9)13-11(15)6-10(14)12(16-3)17-13/h6,8-9H,4-5,7H2,1-3H3,(H,16,17). The maximum absolute atomic E-state index is 13.9. The number of halogens is 2. The van der Waals surface area contributed by atoms with Gasteiger partial charge in [-0.25, -0.2) is 13.8 Å². The fourth-order valence-corrected chi connectivity index (χ4v) is 2.02. The molecule has 0 aromatic carbocycles. The summed E-state index contributed by atoms with van der Waals surface area (Å²) in [5.74, 6) is -0.467. The van der Waals surface area contributed by atoms with Crippen molar-refractivity contribution in [2.75, 3.05) is 23.8 Å². The van der Waals surface area contributed by atoms with E-state index in [0.717, 1.165) is 25.5 Å². The van der Waals surface area contributed by atoms with Crippen LogP contribution in [0.15, 0.2) is 6.07 Å². The highest BCUT2D eigenvalue weighted by molar-refractivity contribution is 5.50. The van der Waals surface area contributed by atoms with Crippen LogP contribution >= 0.6 is 0 Å². The molecule has 1 saturated carbocycles. The first kappa shape index (κ1) is 13.1. The molecule has 3 nitrogen and oxygen atoms in total. The van der Waals surface area contributed by atoms with Crippen molar-refractivity contribution >= 4 is 11.6 Å². The summed E-state index contributed by atoms with van der Waals surface area (Å²) < 4.78 is 27.3. The van der Waals surface area contributed by atoms with E-state index in [0.29, 0.717) is 12.0 Å². The average molecular weight is 255 g/mol. The molecule has 100 valence electrons. The van der Waals surface area contributed by atoms with Gasteiger partial charge in [0.1, 0.15) is 0 Å². The van der Waals surface area contributed by atoms with Gasteiger partial charge in [0.05, 0.1) is 0 Å². The summed E-state index contributed by atoms with van der Waals surface area (Å²) in [6, 6.07) is 1.26. The topological polar surface area (TPSA) is 28.2 Å². The highest BCUT2D eigenvalue weighted by atomic mass is 19.1. The van der Waals surface area contributed by atoms with Crippen molar-refractivity contribution in [1.29, 1.82) is 0 Å². The van der Waals surface area contributed by atoms with Crippen molar-refractivity contribution < 1.29 is 8.78 Å². The quantitative estimate of drug-likeness (QED) is 0.876. The second-order valence-electron chi connectivity index (χ2n) is 5.15.